The van der Waals surface area contributed by atoms with E-state index < -0.39 is 0 Å². The molecule has 19 heavy (non-hydrogen) atoms. The Kier molecular flexibility index (Phi) is 3.62. The number of nitrogens with zero attached hydrogens (tertiary/aromatic N) is 3. The second-order valence-electron chi connectivity index (χ2n) is 5.47. The van der Waals surface area contributed by atoms with Crippen molar-refractivity contribution in [2.45, 2.75) is 38.6 Å². The van der Waals surface area contributed by atoms with Crippen LogP contribution in [0, 0.1) is 5.92 Å². The van der Waals surface area contributed by atoms with Crippen LogP contribution in [0.15, 0.2) is 12.3 Å². The highest BCUT2D eigenvalue weighted by Crippen LogP contribution is 2.32. The third-order valence-electron chi connectivity index (χ3n) is 3.73. The second-order valence-corrected chi connectivity index (χ2v) is 5.47. The lowest BCUT2D eigenvalue weighted by Gasteiger charge is -2.15. The lowest BCUT2D eigenvalue weighted by molar-refractivity contribution is -0.121. The van der Waals surface area contributed by atoms with Gasteiger partial charge in [-0.2, -0.15) is 0 Å². The highest BCUT2D eigenvalue weighted by atomic mass is 16.1. The topological polar surface area (TPSA) is 58.1 Å². The fourth-order valence-electron chi connectivity index (χ4n) is 2.40. The van der Waals surface area contributed by atoms with Crippen LogP contribution in [0.2, 0.25) is 0 Å². The van der Waals surface area contributed by atoms with Crippen LogP contribution in [0.5, 0.6) is 0 Å². The number of nitrogens with one attached hydrogen (secondary N) is 1. The number of hydrogen-bond acceptors (Lipinski definition) is 4. The van der Waals surface area contributed by atoms with Gasteiger partial charge in [0, 0.05) is 25.7 Å². The van der Waals surface area contributed by atoms with E-state index in [1.54, 1.807) is 6.20 Å². The van der Waals surface area contributed by atoms with Gasteiger partial charge in [-0.15, -0.1) is 0 Å². The highest BCUT2D eigenvalue weighted by molar-refractivity contribution is 5.76. The van der Waals surface area contributed by atoms with E-state index in [0.29, 0.717) is 18.9 Å². The van der Waals surface area contributed by atoms with Crippen LogP contribution in [-0.2, 0) is 11.3 Å². The zero-order chi connectivity index (χ0) is 13.1. The van der Waals surface area contributed by atoms with Gasteiger partial charge < -0.3 is 10.2 Å². The molecule has 0 spiro atoms. The number of amides is 1. The minimum Gasteiger partial charge on any atom is -0.350 e. The van der Waals surface area contributed by atoms with Gasteiger partial charge in [-0.1, -0.05) is 0 Å². The molecular weight excluding hydrogens is 240 g/mol. The Labute approximate surface area is 113 Å². The van der Waals surface area contributed by atoms with Crippen molar-refractivity contribution in [3.05, 3.63) is 18.0 Å². The molecule has 1 aromatic rings. The molecule has 0 radical (unpaired) electrons. The van der Waals surface area contributed by atoms with Crippen molar-refractivity contribution in [1.29, 1.82) is 0 Å². The van der Waals surface area contributed by atoms with Crippen molar-refractivity contribution in [3.8, 4) is 0 Å². The van der Waals surface area contributed by atoms with E-state index in [-0.39, 0.29) is 5.91 Å². The number of carbonyl (C=O) groups is 1. The number of rotatable bonds is 5. The van der Waals surface area contributed by atoms with Crippen LogP contribution >= 0.6 is 0 Å². The summed E-state index contributed by atoms with van der Waals surface area (Å²) in [6.07, 6.45) is 7.30. The van der Waals surface area contributed by atoms with Gasteiger partial charge in [-0.05, 0) is 37.7 Å². The lowest BCUT2D eigenvalue weighted by atomic mass is 10.3. The standard InChI is InChI=1S/C14H20N4O/c19-13(9-11-3-4-11)16-10-12-5-6-15-14(17-12)18-7-1-2-8-18/h5-6,11H,1-4,7-10H2,(H,16,19). The fraction of sp³-hybridized carbons (Fsp3) is 0.643. The summed E-state index contributed by atoms with van der Waals surface area (Å²) < 4.78 is 0. The van der Waals surface area contributed by atoms with Crippen molar-refractivity contribution in [3.63, 3.8) is 0 Å². The van der Waals surface area contributed by atoms with Gasteiger partial charge in [-0.25, -0.2) is 9.97 Å². The van der Waals surface area contributed by atoms with Crippen LogP contribution in [0.25, 0.3) is 0 Å². The molecule has 1 saturated heterocycles. The molecule has 102 valence electrons. The summed E-state index contributed by atoms with van der Waals surface area (Å²) in [6, 6.07) is 1.87. The van der Waals surface area contributed by atoms with Gasteiger partial charge in [-0.3, -0.25) is 4.79 Å². The number of carbonyl (C=O) groups excluding carboxylic acids is 1. The molecule has 0 unspecified atom stereocenters. The third-order valence-corrected chi connectivity index (χ3v) is 3.73. The molecular formula is C14H20N4O. The Hall–Kier alpha value is -1.65. The molecule has 1 amide bonds. The van der Waals surface area contributed by atoms with Gasteiger partial charge in [0.2, 0.25) is 11.9 Å². The van der Waals surface area contributed by atoms with E-state index in [2.05, 4.69) is 20.2 Å². The van der Waals surface area contributed by atoms with E-state index >= 15 is 0 Å². The second kappa shape index (κ2) is 5.55. The predicted molar refractivity (Wildman–Crippen MR) is 72.7 cm³/mol. The lowest BCUT2D eigenvalue weighted by Crippen LogP contribution is -2.25. The van der Waals surface area contributed by atoms with Crippen molar-refractivity contribution in [2.24, 2.45) is 5.92 Å². The van der Waals surface area contributed by atoms with Crippen LogP contribution in [0.1, 0.15) is 37.8 Å². The molecule has 1 aromatic heterocycles. The number of aromatic nitrogens is 2. The summed E-state index contributed by atoms with van der Waals surface area (Å²) in [4.78, 5) is 22.7. The summed E-state index contributed by atoms with van der Waals surface area (Å²) in [5.74, 6) is 1.57. The average molecular weight is 260 g/mol. The molecule has 1 aliphatic heterocycles. The molecule has 0 bridgehead atoms. The zero-order valence-corrected chi connectivity index (χ0v) is 11.1. The maximum atomic E-state index is 11.6. The Morgan fingerprint density at radius 2 is 2.16 bits per heavy atom. The summed E-state index contributed by atoms with van der Waals surface area (Å²) in [5.41, 5.74) is 0.890. The molecule has 5 heteroatoms. The number of hydrogen-bond donors (Lipinski definition) is 1. The first kappa shape index (κ1) is 12.4. The van der Waals surface area contributed by atoms with E-state index in [1.807, 2.05) is 6.07 Å². The van der Waals surface area contributed by atoms with Crippen LogP contribution in [-0.4, -0.2) is 29.0 Å². The molecule has 0 atom stereocenters. The molecule has 2 aliphatic rings. The minimum absolute atomic E-state index is 0.142. The van der Waals surface area contributed by atoms with Crippen LogP contribution in [0.4, 0.5) is 5.95 Å². The van der Waals surface area contributed by atoms with Crippen molar-refractivity contribution >= 4 is 11.9 Å². The smallest absolute Gasteiger partial charge is 0.225 e. The summed E-state index contributed by atoms with van der Waals surface area (Å²) in [6.45, 7) is 2.59. The minimum atomic E-state index is 0.142. The number of anilines is 1. The van der Waals surface area contributed by atoms with Gasteiger partial charge in [0.15, 0.2) is 0 Å². The summed E-state index contributed by atoms with van der Waals surface area (Å²) in [7, 11) is 0. The Morgan fingerprint density at radius 3 is 2.89 bits per heavy atom. The van der Waals surface area contributed by atoms with Gasteiger partial charge in [0.1, 0.15) is 0 Å². The highest BCUT2D eigenvalue weighted by Gasteiger charge is 2.24. The Morgan fingerprint density at radius 1 is 1.37 bits per heavy atom. The fourth-order valence-corrected chi connectivity index (χ4v) is 2.40. The summed E-state index contributed by atoms with van der Waals surface area (Å²) >= 11 is 0. The maximum absolute atomic E-state index is 11.6. The molecule has 2 heterocycles. The molecule has 1 saturated carbocycles. The van der Waals surface area contributed by atoms with E-state index in [9.17, 15) is 4.79 Å². The van der Waals surface area contributed by atoms with Crippen LogP contribution in [0.3, 0.4) is 0 Å². The first-order chi connectivity index (χ1) is 9.31. The van der Waals surface area contributed by atoms with Gasteiger partial charge in [0.05, 0.1) is 12.2 Å². The third kappa shape index (κ3) is 3.43. The SMILES string of the molecule is O=C(CC1CC1)NCc1ccnc(N2CCCC2)n1. The Balaban J connectivity index is 1.54. The Bertz CT molecular complexity index is 453. The normalized spacial score (nSPS) is 18.6. The van der Waals surface area contributed by atoms with Gasteiger partial charge >= 0.3 is 0 Å². The molecule has 5 nitrogen and oxygen atoms in total. The van der Waals surface area contributed by atoms with Crippen molar-refractivity contribution < 1.29 is 4.79 Å². The van der Waals surface area contributed by atoms with Gasteiger partial charge in [0.25, 0.3) is 0 Å². The zero-order valence-electron chi connectivity index (χ0n) is 11.1. The summed E-state index contributed by atoms with van der Waals surface area (Å²) in [5, 5.41) is 2.94. The van der Waals surface area contributed by atoms with E-state index in [4.69, 9.17) is 0 Å². The monoisotopic (exact) mass is 260 g/mol. The predicted octanol–water partition coefficient (Wildman–Crippen LogP) is 1.49. The average Bonchev–Trinajstić information content (AvgIpc) is 3.07. The molecule has 3 rings (SSSR count). The van der Waals surface area contributed by atoms with E-state index in [0.717, 1.165) is 24.7 Å². The molecule has 0 aromatic carbocycles. The molecule has 2 fully saturated rings. The first-order valence-corrected chi connectivity index (χ1v) is 7.15. The van der Waals surface area contributed by atoms with Crippen molar-refractivity contribution in [1.82, 2.24) is 15.3 Å². The largest absolute Gasteiger partial charge is 0.350 e. The van der Waals surface area contributed by atoms with E-state index in [1.165, 1.54) is 25.7 Å². The quantitative estimate of drug-likeness (QED) is 0.871. The molecule has 1 aliphatic carbocycles. The molecule has 1 N–H and O–H groups in total. The van der Waals surface area contributed by atoms with Crippen molar-refractivity contribution in [2.75, 3.05) is 18.0 Å². The first-order valence-electron chi connectivity index (χ1n) is 7.15. The maximum Gasteiger partial charge on any atom is 0.225 e. The van der Waals surface area contributed by atoms with Crippen LogP contribution < -0.4 is 10.2 Å².